The molecule has 1 aliphatic heterocycles. The number of ether oxygens (including phenoxy) is 1. The molecule has 1 fully saturated rings. The average Bonchev–Trinajstić information content (AvgIpc) is 3.06. The standard InChI is InChI=1S/C16H21N3O3S/c1-2-14(20)19-16(23)18-12-6-3-5-11(9-12)15(21)17-10-13-7-4-8-22-13/h3,5-6,9,13H,2,4,7-8,10H2,1H3,(H,17,21)(H2,18,19,20,23). The quantitative estimate of drug-likeness (QED) is 0.715. The molecule has 6 nitrogen and oxygen atoms in total. The average molecular weight is 335 g/mol. The molecule has 1 atom stereocenters. The molecule has 0 spiro atoms. The number of thiocarbonyl (C=S) groups is 1. The molecule has 0 bridgehead atoms. The van der Waals surface area contributed by atoms with E-state index < -0.39 is 0 Å². The minimum atomic E-state index is -0.160. The van der Waals surface area contributed by atoms with E-state index >= 15 is 0 Å². The number of carbonyl (C=O) groups is 2. The molecule has 1 aliphatic rings. The largest absolute Gasteiger partial charge is 0.376 e. The maximum absolute atomic E-state index is 12.2. The van der Waals surface area contributed by atoms with Gasteiger partial charge in [-0.1, -0.05) is 13.0 Å². The van der Waals surface area contributed by atoms with Gasteiger partial charge < -0.3 is 20.7 Å². The van der Waals surface area contributed by atoms with Crippen LogP contribution < -0.4 is 16.0 Å². The summed E-state index contributed by atoms with van der Waals surface area (Å²) in [5, 5.41) is 8.53. The summed E-state index contributed by atoms with van der Waals surface area (Å²) in [6.45, 7) is 3.03. The molecule has 23 heavy (non-hydrogen) atoms. The lowest BCUT2D eigenvalue weighted by atomic mass is 10.1. The highest BCUT2D eigenvalue weighted by molar-refractivity contribution is 7.80. The van der Waals surface area contributed by atoms with E-state index in [2.05, 4.69) is 16.0 Å². The van der Waals surface area contributed by atoms with Crippen LogP contribution in [0.2, 0.25) is 0 Å². The lowest BCUT2D eigenvalue weighted by Gasteiger charge is -2.12. The Hall–Kier alpha value is -1.99. The zero-order valence-electron chi connectivity index (χ0n) is 13.1. The molecule has 2 amide bonds. The van der Waals surface area contributed by atoms with Gasteiger partial charge in [0.15, 0.2) is 5.11 Å². The van der Waals surface area contributed by atoms with Crippen molar-refractivity contribution in [1.82, 2.24) is 10.6 Å². The van der Waals surface area contributed by atoms with Crippen LogP contribution in [-0.2, 0) is 9.53 Å². The second-order valence-corrected chi connectivity index (χ2v) is 5.69. The fourth-order valence-corrected chi connectivity index (χ4v) is 2.46. The highest BCUT2D eigenvalue weighted by atomic mass is 32.1. The Kier molecular flexibility index (Phi) is 6.49. The fraction of sp³-hybridized carbons (Fsp3) is 0.438. The Labute approximate surface area is 141 Å². The molecule has 0 aliphatic carbocycles. The summed E-state index contributed by atoms with van der Waals surface area (Å²) in [7, 11) is 0. The molecule has 2 rings (SSSR count). The van der Waals surface area contributed by atoms with Crippen LogP contribution >= 0.6 is 12.2 Å². The summed E-state index contributed by atoms with van der Waals surface area (Å²) in [6, 6.07) is 6.95. The predicted octanol–water partition coefficient (Wildman–Crippen LogP) is 1.82. The minimum absolute atomic E-state index is 0.108. The molecule has 124 valence electrons. The Balaban J connectivity index is 1.89. The number of amides is 2. The third-order valence-corrected chi connectivity index (χ3v) is 3.68. The predicted molar refractivity (Wildman–Crippen MR) is 92.4 cm³/mol. The first-order valence-corrected chi connectivity index (χ1v) is 8.10. The maximum atomic E-state index is 12.2. The molecule has 1 heterocycles. The van der Waals surface area contributed by atoms with E-state index in [0.717, 1.165) is 19.4 Å². The molecule has 7 heteroatoms. The number of carbonyl (C=O) groups excluding carboxylic acids is 2. The number of hydrogen-bond donors (Lipinski definition) is 3. The smallest absolute Gasteiger partial charge is 0.251 e. The van der Waals surface area contributed by atoms with Gasteiger partial charge in [-0.15, -0.1) is 0 Å². The first-order chi connectivity index (χ1) is 11.1. The van der Waals surface area contributed by atoms with Gasteiger partial charge in [-0.25, -0.2) is 0 Å². The third kappa shape index (κ3) is 5.61. The highest BCUT2D eigenvalue weighted by Crippen LogP contribution is 2.13. The summed E-state index contributed by atoms with van der Waals surface area (Å²) in [4.78, 5) is 23.5. The molecule has 3 N–H and O–H groups in total. The Bertz CT molecular complexity index is 586. The number of rotatable bonds is 5. The van der Waals surface area contributed by atoms with Gasteiger partial charge in [0.05, 0.1) is 6.10 Å². The first-order valence-electron chi connectivity index (χ1n) is 7.69. The number of benzene rings is 1. The molecular weight excluding hydrogens is 314 g/mol. The van der Waals surface area contributed by atoms with Gasteiger partial charge in [0.1, 0.15) is 0 Å². The SMILES string of the molecule is CCC(=O)NC(=S)Nc1cccc(C(=O)NCC2CCCO2)c1. The summed E-state index contributed by atoms with van der Waals surface area (Å²) >= 11 is 5.05. The van der Waals surface area contributed by atoms with E-state index in [9.17, 15) is 9.59 Å². The van der Waals surface area contributed by atoms with Crippen molar-refractivity contribution in [3.05, 3.63) is 29.8 Å². The fourth-order valence-electron chi connectivity index (χ4n) is 2.23. The van der Waals surface area contributed by atoms with Crippen LogP contribution in [0.15, 0.2) is 24.3 Å². The van der Waals surface area contributed by atoms with Crippen molar-refractivity contribution in [2.45, 2.75) is 32.3 Å². The van der Waals surface area contributed by atoms with Crippen LogP contribution in [-0.4, -0.2) is 36.2 Å². The Morgan fingerprint density at radius 2 is 2.22 bits per heavy atom. The van der Waals surface area contributed by atoms with E-state index in [0.29, 0.717) is 24.2 Å². The van der Waals surface area contributed by atoms with Crippen molar-refractivity contribution in [3.8, 4) is 0 Å². The van der Waals surface area contributed by atoms with Crippen molar-refractivity contribution < 1.29 is 14.3 Å². The summed E-state index contributed by atoms with van der Waals surface area (Å²) in [6.07, 6.45) is 2.49. The number of hydrogen-bond acceptors (Lipinski definition) is 4. The molecule has 0 saturated carbocycles. The molecule has 1 aromatic rings. The minimum Gasteiger partial charge on any atom is -0.376 e. The van der Waals surface area contributed by atoms with Crippen LogP contribution in [0.1, 0.15) is 36.5 Å². The van der Waals surface area contributed by atoms with E-state index in [4.69, 9.17) is 17.0 Å². The monoisotopic (exact) mass is 335 g/mol. The molecule has 0 aromatic heterocycles. The van der Waals surface area contributed by atoms with Crippen LogP contribution in [0.25, 0.3) is 0 Å². The lowest BCUT2D eigenvalue weighted by molar-refractivity contribution is -0.119. The first kappa shape index (κ1) is 17.4. The Morgan fingerprint density at radius 1 is 1.39 bits per heavy atom. The second-order valence-electron chi connectivity index (χ2n) is 5.28. The molecule has 1 unspecified atom stereocenters. The highest BCUT2D eigenvalue weighted by Gasteiger charge is 2.16. The van der Waals surface area contributed by atoms with Crippen LogP contribution in [0, 0.1) is 0 Å². The zero-order valence-corrected chi connectivity index (χ0v) is 13.9. The Morgan fingerprint density at radius 3 is 2.91 bits per heavy atom. The van der Waals surface area contributed by atoms with E-state index in [1.54, 1.807) is 31.2 Å². The van der Waals surface area contributed by atoms with Gasteiger partial charge in [-0.2, -0.15) is 0 Å². The van der Waals surface area contributed by atoms with Gasteiger partial charge in [0.2, 0.25) is 5.91 Å². The van der Waals surface area contributed by atoms with E-state index in [-0.39, 0.29) is 23.0 Å². The molecule has 1 saturated heterocycles. The van der Waals surface area contributed by atoms with Gasteiger partial charge in [0, 0.05) is 30.8 Å². The molecular formula is C16H21N3O3S. The summed E-state index contributed by atoms with van der Waals surface area (Å²) < 4.78 is 5.48. The van der Waals surface area contributed by atoms with Gasteiger partial charge in [-0.05, 0) is 43.3 Å². The van der Waals surface area contributed by atoms with Gasteiger partial charge >= 0.3 is 0 Å². The normalized spacial score (nSPS) is 16.7. The summed E-state index contributed by atoms with van der Waals surface area (Å²) in [5.74, 6) is -0.319. The topological polar surface area (TPSA) is 79.5 Å². The lowest BCUT2D eigenvalue weighted by Crippen LogP contribution is -2.34. The third-order valence-electron chi connectivity index (χ3n) is 3.47. The second kappa shape index (κ2) is 8.59. The van der Waals surface area contributed by atoms with Crippen LogP contribution in [0.3, 0.4) is 0 Å². The van der Waals surface area contributed by atoms with Gasteiger partial charge in [0.25, 0.3) is 5.91 Å². The number of anilines is 1. The molecule has 0 radical (unpaired) electrons. The van der Waals surface area contributed by atoms with Crippen molar-refractivity contribution in [2.75, 3.05) is 18.5 Å². The van der Waals surface area contributed by atoms with Crippen LogP contribution in [0.5, 0.6) is 0 Å². The van der Waals surface area contributed by atoms with E-state index in [1.807, 2.05) is 0 Å². The summed E-state index contributed by atoms with van der Waals surface area (Å²) in [5.41, 5.74) is 1.17. The molecule has 1 aromatic carbocycles. The van der Waals surface area contributed by atoms with E-state index in [1.165, 1.54) is 0 Å². The maximum Gasteiger partial charge on any atom is 0.251 e. The number of nitrogens with one attached hydrogen (secondary N) is 3. The van der Waals surface area contributed by atoms with Crippen molar-refractivity contribution in [3.63, 3.8) is 0 Å². The van der Waals surface area contributed by atoms with Crippen molar-refractivity contribution >= 4 is 34.8 Å². The van der Waals surface area contributed by atoms with Gasteiger partial charge in [-0.3, -0.25) is 9.59 Å². The van der Waals surface area contributed by atoms with Crippen molar-refractivity contribution in [2.24, 2.45) is 0 Å². The van der Waals surface area contributed by atoms with Crippen LogP contribution in [0.4, 0.5) is 5.69 Å². The zero-order chi connectivity index (χ0) is 16.7. The van der Waals surface area contributed by atoms with Crippen molar-refractivity contribution in [1.29, 1.82) is 0 Å².